The van der Waals surface area contributed by atoms with Crippen LogP contribution >= 0.6 is 0 Å². The normalized spacial score (nSPS) is 11.3. The van der Waals surface area contributed by atoms with E-state index in [1.54, 1.807) is 0 Å². The molecule has 0 saturated carbocycles. The molecule has 0 bridgehead atoms. The molecule has 0 spiro atoms. The summed E-state index contributed by atoms with van der Waals surface area (Å²) in [6, 6.07) is 111. The van der Waals surface area contributed by atoms with Gasteiger partial charge in [-0.3, -0.25) is 0 Å². The Labute approximate surface area is 460 Å². The summed E-state index contributed by atoms with van der Waals surface area (Å²) in [6.45, 7) is 0. The van der Waals surface area contributed by atoms with E-state index in [0.717, 1.165) is 67.1 Å². The SMILES string of the molecule is c1ccc(-c2cccc(-c3cccc(-c4ccc(-c5cc(-c6ccc(-c7cccc(-n8c9ccccc9c9ccccc98)c7)cc6)nc(-c6ccc(-c7cccc(-c8cccc(-c9ccccc9)c8)c7)cc6)n5)cc4)c3)c2)cc1. The molecule has 14 rings (SSSR count). The molecule has 0 aliphatic rings. The van der Waals surface area contributed by atoms with E-state index in [2.05, 4.69) is 314 Å². The van der Waals surface area contributed by atoms with Crippen LogP contribution in [0.1, 0.15) is 0 Å². The third kappa shape index (κ3) is 9.41. The largest absolute Gasteiger partial charge is 0.309 e. The molecule has 14 aromatic rings. The predicted molar refractivity (Wildman–Crippen MR) is 331 cm³/mol. The van der Waals surface area contributed by atoms with Gasteiger partial charge in [-0.25, -0.2) is 9.97 Å². The van der Waals surface area contributed by atoms with Crippen molar-refractivity contribution in [2.75, 3.05) is 0 Å². The van der Waals surface area contributed by atoms with Gasteiger partial charge in [0.1, 0.15) is 0 Å². The summed E-state index contributed by atoms with van der Waals surface area (Å²) in [5, 5.41) is 2.50. The minimum Gasteiger partial charge on any atom is -0.309 e. The van der Waals surface area contributed by atoms with E-state index in [-0.39, 0.29) is 0 Å². The van der Waals surface area contributed by atoms with Crippen molar-refractivity contribution in [1.82, 2.24) is 14.5 Å². The quantitative estimate of drug-likeness (QED) is 0.129. The Morgan fingerprint density at radius 2 is 0.468 bits per heavy atom. The molecule has 0 fully saturated rings. The first kappa shape index (κ1) is 47.0. The Hall–Kier alpha value is -10.5. The van der Waals surface area contributed by atoms with Crippen LogP contribution in [0.3, 0.4) is 0 Å². The molecule has 0 N–H and O–H groups in total. The van der Waals surface area contributed by atoms with E-state index in [9.17, 15) is 0 Å². The molecule has 79 heavy (non-hydrogen) atoms. The zero-order chi connectivity index (χ0) is 52.5. The first-order valence-corrected chi connectivity index (χ1v) is 26.9. The van der Waals surface area contributed by atoms with E-state index in [1.165, 1.54) is 66.3 Å². The summed E-state index contributed by atoms with van der Waals surface area (Å²) in [4.78, 5) is 10.6. The Kier molecular flexibility index (Phi) is 12.2. The number of benzene rings is 12. The van der Waals surface area contributed by atoms with Crippen LogP contribution in [0.5, 0.6) is 0 Å². The van der Waals surface area contributed by atoms with Crippen LogP contribution in [-0.2, 0) is 0 Å². The van der Waals surface area contributed by atoms with Crippen molar-refractivity contribution in [3.63, 3.8) is 0 Å². The fourth-order valence-electron chi connectivity index (χ4n) is 11.2. The summed E-state index contributed by atoms with van der Waals surface area (Å²) >= 11 is 0. The average molecular weight is 1010 g/mol. The van der Waals surface area contributed by atoms with Gasteiger partial charge in [0.05, 0.1) is 22.4 Å². The van der Waals surface area contributed by atoms with Gasteiger partial charge >= 0.3 is 0 Å². The van der Waals surface area contributed by atoms with Crippen LogP contribution in [0.2, 0.25) is 0 Å². The molecule has 0 atom stereocenters. The zero-order valence-electron chi connectivity index (χ0n) is 43.3. The maximum atomic E-state index is 5.31. The Bertz CT molecular complexity index is 4260. The fourth-order valence-corrected chi connectivity index (χ4v) is 11.2. The van der Waals surface area contributed by atoms with Crippen LogP contribution in [0, 0.1) is 0 Å². The first-order valence-electron chi connectivity index (χ1n) is 26.9. The molecule has 0 amide bonds. The Morgan fingerprint density at radius 1 is 0.190 bits per heavy atom. The van der Waals surface area contributed by atoms with E-state index in [4.69, 9.17) is 9.97 Å². The van der Waals surface area contributed by atoms with Crippen molar-refractivity contribution in [2.24, 2.45) is 0 Å². The summed E-state index contributed by atoms with van der Waals surface area (Å²) in [5.41, 5.74) is 24.6. The summed E-state index contributed by atoms with van der Waals surface area (Å²) in [7, 11) is 0. The van der Waals surface area contributed by atoms with E-state index in [0.29, 0.717) is 5.82 Å². The second-order valence-corrected chi connectivity index (χ2v) is 20.2. The van der Waals surface area contributed by atoms with E-state index in [1.807, 2.05) is 0 Å². The molecule has 0 aliphatic carbocycles. The highest BCUT2D eigenvalue weighted by Crippen LogP contribution is 2.37. The molecule has 3 heteroatoms. The maximum absolute atomic E-state index is 5.31. The van der Waals surface area contributed by atoms with Crippen LogP contribution in [0.25, 0.3) is 139 Å². The zero-order valence-corrected chi connectivity index (χ0v) is 43.3. The molecule has 2 aromatic heterocycles. The van der Waals surface area contributed by atoms with Crippen LogP contribution in [0.4, 0.5) is 0 Å². The van der Waals surface area contributed by atoms with Gasteiger partial charge in [0.15, 0.2) is 5.82 Å². The minimum atomic E-state index is 0.669. The smallest absolute Gasteiger partial charge is 0.160 e. The second kappa shape index (κ2) is 20.6. The number of hydrogen-bond donors (Lipinski definition) is 0. The molecule has 370 valence electrons. The van der Waals surface area contributed by atoms with Crippen molar-refractivity contribution < 1.29 is 0 Å². The van der Waals surface area contributed by atoms with Crippen molar-refractivity contribution in [2.45, 2.75) is 0 Å². The van der Waals surface area contributed by atoms with Gasteiger partial charge in [0.25, 0.3) is 0 Å². The van der Waals surface area contributed by atoms with Crippen molar-refractivity contribution in [3.05, 3.63) is 309 Å². The van der Waals surface area contributed by atoms with Crippen LogP contribution < -0.4 is 0 Å². The monoisotopic (exact) mass is 1010 g/mol. The van der Waals surface area contributed by atoms with E-state index < -0.39 is 0 Å². The molecular weight excluding hydrogens is 955 g/mol. The number of rotatable bonds is 11. The predicted octanol–water partition coefficient (Wildman–Crippen LogP) is 20.2. The van der Waals surface area contributed by atoms with Crippen molar-refractivity contribution >= 4 is 21.8 Å². The highest BCUT2D eigenvalue weighted by molar-refractivity contribution is 6.09. The number of nitrogens with zero attached hydrogens (tertiary/aromatic N) is 3. The van der Waals surface area contributed by atoms with Gasteiger partial charge in [-0.05, 0) is 132 Å². The Morgan fingerprint density at radius 3 is 0.861 bits per heavy atom. The van der Waals surface area contributed by atoms with Gasteiger partial charge in [0.2, 0.25) is 0 Å². The molecule has 0 unspecified atom stereocenters. The van der Waals surface area contributed by atoms with Crippen LogP contribution in [0.15, 0.2) is 309 Å². The summed E-state index contributed by atoms with van der Waals surface area (Å²) < 4.78 is 2.37. The summed E-state index contributed by atoms with van der Waals surface area (Å²) in [6.07, 6.45) is 0. The van der Waals surface area contributed by atoms with Crippen LogP contribution in [-0.4, -0.2) is 14.5 Å². The molecule has 2 heterocycles. The van der Waals surface area contributed by atoms with Gasteiger partial charge in [-0.1, -0.05) is 255 Å². The van der Waals surface area contributed by atoms with Gasteiger partial charge in [-0.15, -0.1) is 0 Å². The molecule has 3 nitrogen and oxygen atoms in total. The first-order chi connectivity index (χ1) is 39.1. The standard InChI is InChI=1S/C76H51N3/c1-3-16-52(17-4-1)60-20-11-24-64(46-60)66-26-13-22-62(48-66)54-34-40-57(41-35-54)72-51-73(58-42-36-56(37-43-58)68-28-15-29-69(50-68)79-74-32-9-7-30-70(74)71-31-8-10-33-75(71)79)78-76(77-72)59-44-38-55(39-45-59)63-23-14-27-67(49-63)65-25-12-21-61(47-65)53-18-5-2-6-19-53/h1-51H. The lowest BCUT2D eigenvalue weighted by Crippen LogP contribution is -1.96. The lowest BCUT2D eigenvalue weighted by molar-refractivity contribution is 1.18. The highest BCUT2D eigenvalue weighted by atomic mass is 15.0. The molecule has 12 aromatic carbocycles. The summed E-state index contributed by atoms with van der Waals surface area (Å²) in [5.74, 6) is 0.669. The lowest BCUT2D eigenvalue weighted by Gasteiger charge is -2.12. The maximum Gasteiger partial charge on any atom is 0.160 e. The van der Waals surface area contributed by atoms with Gasteiger partial charge < -0.3 is 4.57 Å². The average Bonchev–Trinajstić information content (AvgIpc) is 3.89. The van der Waals surface area contributed by atoms with Gasteiger partial charge in [0, 0.05) is 33.2 Å². The molecule has 0 aliphatic heterocycles. The van der Waals surface area contributed by atoms with Crippen molar-refractivity contribution in [1.29, 1.82) is 0 Å². The Balaban J connectivity index is 0.797. The second-order valence-electron chi connectivity index (χ2n) is 20.2. The van der Waals surface area contributed by atoms with E-state index >= 15 is 0 Å². The number of fused-ring (bicyclic) bond motifs is 3. The molecular formula is C76H51N3. The molecule has 0 saturated heterocycles. The minimum absolute atomic E-state index is 0.669. The number of para-hydroxylation sites is 2. The third-order valence-electron chi connectivity index (χ3n) is 15.2. The van der Waals surface area contributed by atoms with Crippen molar-refractivity contribution in [3.8, 4) is 117 Å². The van der Waals surface area contributed by atoms with Gasteiger partial charge in [-0.2, -0.15) is 0 Å². The lowest BCUT2D eigenvalue weighted by atomic mass is 9.95. The third-order valence-corrected chi connectivity index (χ3v) is 15.2. The molecule has 0 radical (unpaired) electrons. The topological polar surface area (TPSA) is 30.7 Å². The highest BCUT2D eigenvalue weighted by Gasteiger charge is 2.16. The number of aromatic nitrogens is 3. The number of hydrogen-bond acceptors (Lipinski definition) is 2. The fraction of sp³-hybridized carbons (Fsp3) is 0.